The Morgan fingerprint density at radius 1 is 1.14 bits per heavy atom. The van der Waals surface area contributed by atoms with Crippen LogP contribution in [0.15, 0.2) is 59.8 Å². The zero-order chi connectivity index (χ0) is 20.3. The molecular weight excluding hydrogens is 404 g/mol. The molecule has 0 radical (unpaired) electrons. The second kappa shape index (κ2) is 8.59. The SMILES string of the molecule is CCn1c(SCC(=O)NCC2(c3ccccc3)CC2)nnc1-c1ccc(Cl)cc1. The molecule has 150 valence electrons. The average Bonchev–Trinajstić information content (AvgIpc) is 3.44. The predicted octanol–water partition coefficient (Wildman–Crippen LogP) is 4.56. The highest BCUT2D eigenvalue weighted by molar-refractivity contribution is 7.99. The van der Waals surface area contributed by atoms with Crippen molar-refractivity contribution < 1.29 is 4.79 Å². The van der Waals surface area contributed by atoms with Gasteiger partial charge in [-0.05, 0) is 49.6 Å². The van der Waals surface area contributed by atoms with Crippen LogP contribution in [-0.4, -0.2) is 33.0 Å². The van der Waals surface area contributed by atoms with Crippen LogP contribution in [0.4, 0.5) is 0 Å². The monoisotopic (exact) mass is 426 g/mol. The molecule has 0 bridgehead atoms. The molecule has 1 aromatic heterocycles. The molecule has 0 spiro atoms. The fourth-order valence-corrected chi connectivity index (χ4v) is 4.41. The second-order valence-corrected chi connectivity index (χ2v) is 8.65. The first-order chi connectivity index (χ1) is 14.1. The molecule has 2 aromatic carbocycles. The average molecular weight is 427 g/mol. The Morgan fingerprint density at radius 3 is 2.52 bits per heavy atom. The van der Waals surface area contributed by atoms with Crippen LogP contribution in [0.1, 0.15) is 25.3 Å². The summed E-state index contributed by atoms with van der Waals surface area (Å²) in [6, 6.07) is 18.0. The number of benzene rings is 2. The number of amides is 1. The lowest BCUT2D eigenvalue weighted by atomic mass is 9.96. The van der Waals surface area contributed by atoms with Crippen LogP contribution in [0.5, 0.6) is 0 Å². The standard InChI is InChI=1S/C22H23ClN4OS/c1-2-27-20(16-8-10-18(23)11-9-16)25-26-21(27)29-14-19(28)24-15-22(12-13-22)17-6-4-3-5-7-17/h3-11H,2,12-15H2,1H3,(H,24,28). The van der Waals surface area contributed by atoms with Gasteiger partial charge in [0, 0.05) is 29.1 Å². The highest BCUT2D eigenvalue weighted by Gasteiger charge is 2.44. The number of hydrogen-bond donors (Lipinski definition) is 1. The van der Waals surface area contributed by atoms with E-state index in [-0.39, 0.29) is 11.3 Å². The smallest absolute Gasteiger partial charge is 0.230 e. The zero-order valence-corrected chi connectivity index (χ0v) is 17.8. The van der Waals surface area contributed by atoms with Crippen LogP contribution in [0.25, 0.3) is 11.4 Å². The highest BCUT2D eigenvalue weighted by Crippen LogP contribution is 2.47. The Kier molecular flexibility index (Phi) is 5.92. The number of hydrogen-bond acceptors (Lipinski definition) is 4. The van der Waals surface area contributed by atoms with Crippen LogP contribution in [0.2, 0.25) is 5.02 Å². The minimum absolute atomic E-state index is 0.0240. The van der Waals surface area contributed by atoms with Gasteiger partial charge >= 0.3 is 0 Å². The van der Waals surface area contributed by atoms with Gasteiger partial charge in [-0.15, -0.1) is 10.2 Å². The largest absolute Gasteiger partial charge is 0.354 e. The molecule has 1 fully saturated rings. The molecule has 5 nitrogen and oxygen atoms in total. The van der Waals surface area contributed by atoms with Gasteiger partial charge in [-0.3, -0.25) is 4.79 Å². The minimum Gasteiger partial charge on any atom is -0.354 e. The summed E-state index contributed by atoms with van der Waals surface area (Å²) in [6.45, 7) is 3.46. The number of nitrogens with zero attached hydrogens (tertiary/aromatic N) is 3. The summed E-state index contributed by atoms with van der Waals surface area (Å²) in [6.07, 6.45) is 2.25. The van der Waals surface area contributed by atoms with Crippen molar-refractivity contribution >= 4 is 29.3 Å². The lowest BCUT2D eigenvalue weighted by molar-refractivity contribution is -0.118. The summed E-state index contributed by atoms with van der Waals surface area (Å²) in [5, 5.41) is 13.1. The van der Waals surface area contributed by atoms with Gasteiger partial charge in [0.05, 0.1) is 5.75 Å². The van der Waals surface area contributed by atoms with E-state index in [4.69, 9.17) is 11.6 Å². The molecule has 3 aromatic rings. The van der Waals surface area contributed by atoms with E-state index in [9.17, 15) is 4.79 Å². The number of halogens is 1. The molecule has 0 unspecified atom stereocenters. The highest BCUT2D eigenvalue weighted by atomic mass is 35.5. The molecule has 4 rings (SSSR count). The number of carbonyl (C=O) groups is 1. The van der Waals surface area contributed by atoms with E-state index in [0.29, 0.717) is 17.3 Å². The molecule has 1 aliphatic carbocycles. The second-order valence-electron chi connectivity index (χ2n) is 7.27. The van der Waals surface area contributed by atoms with Crippen molar-refractivity contribution in [2.75, 3.05) is 12.3 Å². The Morgan fingerprint density at radius 2 is 1.86 bits per heavy atom. The van der Waals surface area contributed by atoms with Crippen LogP contribution in [-0.2, 0) is 16.8 Å². The van der Waals surface area contributed by atoms with E-state index < -0.39 is 0 Å². The minimum atomic E-state index is 0.0240. The first-order valence-corrected chi connectivity index (χ1v) is 11.1. The van der Waals surface area contributed by atoms with Crippen molar-refractivity contribution in [2.24, 2.45) is 0 Å². The Labute approximate surface area is 179 Å². The van der Waals surface area contributed by atoms with Crippen LogP contribution < -0.4 is 5.32 Å². The first kappa shape index (κ1) is 20.0. The third-order valence-corrected chi connectivity index (χ3v) is 6.55. The zero-order valence-electron chi connectivity index (χ0n) is 16.3. The lowest BCUT2D eigenvalue weighted by Crippen LogP contribution is -2.33. The topological polar surface area (TPSA) is 59.8 Å². The van der Waals surface area contributed by atoms with E-state index in [1.807, 2.05) is 41.8 Å². The van der Waals surface area contributed by atoms with Crippen molar-refractivity contribution in [3.05, 3.63) is 65.2 Å². The summed E-state index contributed by atoms with van der Waals surface area (Å²) in [5.74, 6) is 1.13. The molecule has 0 atom stereocenters. The maximum atomic E-state index is 12.4. The Hall–Kier alpha value is -2.31. The van der Waals surface area contributed by atoms with E-state index in [1.165, 1.54) is 17.3 Å². The van der Waals surface area contributed by atoms with Crippen molar-refractivity contribution in [1.29, 1.82) is 0 Å². The van der Waals surface area contributed by atoms with Crippen molar-refractivity contribution in [1.82, 2.24) is 20.1 Å². The molecular formula is C22H23ClN4OS. The maximum Gasteiger partial charge on any atom is 0.230 e. The number of aromatic nitrogens is 3. The maximum absolute atomic E-state index is 12.4. The van der Waals surface area contributed by atoms with Gasteiger partial charge in [0.2, 0.25) is 5.91 Å². The third-order valence-electron chi connectivity index (χ3n) is 5.33. The molecule has 1 aliphatic rings. The van der Waals surface area contributed by atoms with Gasteiger partial charge < -0.3 is 9.88 Å². The summed E-state index contributed by atoms with van der Waals surface area (Å²) < 4.78 is 2.02. The van der Waals surface area contributed by atoms with Crippen LogP contribution >= 0.6 is 23.4 Å². The summed E-state index contributed by atoms with van der Waals surface area (Å²) >= 11 is 7.39. The number of carbonyl (C=O) groups excluding carboxylic acids is 1. The third kappa shape index (κ3) is 4.49. The van der Waals surface area contributed by atoms with Crippen molar-refractivity contribution in [2.45, 2.75) is 36.9 Å². The van der Waals surface area contributed by atoms with Gasteiger partial charge in [0.25, 0.3) is 0 Å². The lowest BCUT2D eigenvalue weighted by Gasteiger charge is -2.16. The number of rotatable bonds is 8. The molecule has 1 saturated carbocycles. The summed E-state index contributed by atoms with van der Waals surface area (Å²) in [7, 11) is 0. The fourth-order valence-electron chi connectivity index (χ4n) is 3.45. The van der Waals surface area contributed by atoms with Gasteiger partial charge in [0.1, 0.15) is 0 Å². The first-order valence-electron chi connectivity index (χ1n) is 9.75. The predicted molar refractivity (Wildman–Crippen MR) is 117 cm³/mol. The quantitative estimate of drug-likeness (QED) is 0.536. The van der Waals surface area contributed by atoms with Crippen LogP contribution in [0, 0.1) is 0 Å². The Bertz CT molecular complexity index is 984. The fraction of sp³-hybridized carbons (Fsp3) is 0.318. The summed E-state index contributed by atoms with van der Waals surface area (Å²) in [4.78, 5) is 12.4. The van der Waals surface area contributed by atoms with Crippen molar-refractivity contribution in [3.8, 4) is 11.4 Å². The number of nitrogens with one attached hydrogen (secondary N) is 1. The van der Waals surface area contributed by atoms with Gasteiger partial charge in [0.15, 0.2) is 11.0 Å². The molecule has 7 heteroatoms. The summed E-state index contributed by atoms with van der Waals surface area (Å²) in [5.41, 5.74) is 2.39. The normalized spacial score (nSPS) is 14.6. The molecule has 1 amide bonds. The molecule has 0 saturated heterocycles. The molecule has 1 N–H and O–H groups in total. The molecule has 1 heterocycles. The van der Waals surface area contributed by atoms with E-state index >= 15 is 0 Å². The van der Waals surface area contributed by atoms with E-state index in [0.717, 1.165) is 35.9 Å². The number of thioether (sulfide) groups is 1. The Balaban J connectivity index is 1.35. The molecule has 0 aliphatic heterocycles. The molecule has 29 heavy (non-hydrogen) atoms. The van der Waals surface area contributed by atoms with Gasteiger partial charge in [-0.2, -0.15) is 0 Å². The van der Waals surface area contributed by atoms with Gasteiger partial charge in [-0.25, -0.2) is 0 Å². The van der Waals surface area contributed by atoms with Gasteiger partial charge in [-0.1, -0.05) is 53.7 Å². The van der Waals surface area contributed by atoms with Crippen molar-refractivity contribution in [3.63, 3.8) is 0 Å². The van der Waals surface area contributed by atoms with Crippen LogP contribution in [0.3, 0.4) is 0 Å². The van der Waals surface area contributed by atoms with E-state index in [1.54, 1.807) is 0 Å². The van der Waals surface area contributed by atoms with E-state index in [2.05, 4.69) is 39.8 Å².